The van der Waals surface area contributed by atoms with E-state index in [4.69, 9.17) is 28.9 Å². The van der Waals surface area contributed by atoms with E-state index in [1.54, 1.807) is 13.0 Å². The van der Waals surface area contributed by atoms with Crippen LogP contribution in [0.4, 0.5) is 0 Å². The normalized spacial score (nSPS) is 17.2. The van der Waals surface area contributed by atoms with E-state index >= 15 is 0 Å². The number of carbonyl (C=O) groups is 1. The fraction of sp³-hybridized carbons (Fsp3) is 0.462. The minimum atomic E-state index is -0.470. The summed E-state index contributed by atoms with van der Waals surface area (Å²) in [5.74, 6) is -0.201. The molecule has 1 aromatic carbocycles. The molecule has 19 heavy (non-hydrogen) atoms. The van der Waals surface area contributed by atoms with Gasteiger partial charge in [0.1, 0.15) is 0 Å². The number of hydrogen-bond acceptors (Lipinski definition) is 3. The molecule has 2 rings (SSSR count). The lowest BCUT2D eigenvalue weighted by Crippen LogP contribution is -2.30. The number of nitrogens with two attached hydrogens (primary N) is 1. The minimum Gasteiger partial charge on any atom is -0.366 e. The molecule has 1 heterocycles. The lowest BCUT2D eigenvalue weighted by atomic mass is 9.90. The molecule has 4 nitrogen and oxygen atoms in total. The van der Waals surface area contributed by atoms with Crippen molar-refractivity contribution in [2.45, 2.75) is 25.7 Å². The van der Waals surface area contributed by atoms with Gasteiger partial charge in [0.05, 0.1) is 10.0 Å². The van der Waals surface area contributed by atoms with Gasteiger partial charge in [-0.1, -0.05) is 23.2 Å². The van der Waals surface area contributed by atoms with Crippen LogP contribution in [-0.4, -0.2) is 19.0 Å². The van der Waals surface area contributed by atoms with Crippen LogP contribution in [0.25, 0.3) is 0 Å². The highest BCUT2D eigenvalue weighted by Crippen LogP contribution is 2.38. The molecule has 0 atom stereocenters. The van der Waals surface area contributed by atoms with Crippen LogP contribution in [0, 0.1) is 6.92 Å². The summed E-state index contributed by atoms with van der Waals surface area (Å²) in [6.45, 7) is 3.45. The molecule has 4 N–H and O–H groups in total. The monoisotopic (exact) mass is 301 g/mol. The lowest BCUT2D eigenvalue weighted by molar-refractivity contribution is 0.0999. The van der Waals surface area contributed by atoms with Crippen molar-refractivity contribution in [2.75, 3.05) is 13.1 Å². The van der Waals surface area contributed by atoms with Crippen LogP contribution in [0.1, 0.15) is 40.2 Å². The van der Waals surface area contributed by atoms with Gasteiger partial charge in [0, 0.05) is 18.7 Å². The number of benzene rings is 1. The molecule has 0 aromatic heterocycles. The van der Waals surface area contributed by atoms with E-state index in [1.165, 1.54) is 0 Å². The number of hydrazine groups is 1. The van der Waals surface area contributed by atoms with Gasteiger partial charge >= 0.3 is 0 Å². The Balaban J connectivity index is 2.46. The van der Waals surface area contributed by atoms with Crippen molar-refractivity contribution in [3.8, 4) is 0 Å². The van der Waals surface area contributed by atoms with Gasteiger partial charge in [0.25, 0.3) is 0 Å². The average Bonchev–Trinajstić information content (AvgIpc) is 2.65. The highest BCUT2D eigenvalue weighted by Gasteiger charge is 2.22. The quantitative estimate of drug-likeness (QED) is 0.785. The van der Waals surface area contributed by atoms with Gasteiger partial charge in [-0.2, -0.15) is 0 Å². The number of rotatable bonds is 2. The topological polar surface area (TPSA) is 67.2 Å². The van der Waals surface area contributed by atoms with E-state index in [0.717, 1.165) is 31.5 Å². The highest BCUT2D eigenvalue weighted by molar-refractivity contribution is 6.43. The van der Waals surface area contributed by atoms with Crippen LogP contribution in [-0.2, 0) is 0 Å². The van der Waals surface area contributed by atoms with Crippen molar-refractivity contribution in [2.24, 2.45) is 5.73 Å². The second-order valence-electron chi connectivity index (χ2n) is 4.76. The van der Waals surface area contributed by atoms with E-state index in [2.05, 4.69) is 10.9 Å². The first-order valence-electron chi connectivity index (χ1n) is 6.26. The summed E-state index contributed by atoms with van der Waals surface area (Å²) in [5, 5.41) is 0.967. The maximum absolute atomic E-state index is 11.5. The zero-order valence-corrected chi connectivity index (χ0v) is 12.2. The molecule has 0 saturated carbocycles. The van der Waals surface area contributed by atoms with E-state index in [1.807, 2.05) is 0 Å². The minimum absolute atomic E-state index is 0.270. The molecule has 0 bridgehead atoms. The van der Waals surface area contributed by atoms with Gasteiger partial charge in [-0.05, 0) is 42.9 Å². The number of primary amides is 1. The SMILES string of the molecule is Cc1c(C(N)=O)cc(C2CCNNCC2)c(Cl)c1Cl. The third-order valence-corrected chi connectivity index (χ3v) is 4.52. The smallest absolute Gasteiger partial charge is 0.249 e. The standard InChI is InChI=1S/C13H17Cl2N3O/c1-7-9(13(16)19)6-10(12(15)11(7)14)8-2-4-17-18-5-3-8/h6,8,17-18H,2-5H2,1H3,(H2,16,19). The molecule has 0 radical (unpaired) electrons. The number of carbonyl (C=O) groups excluding carboxylic acids is 1. The Morgan fingerprint density at radius 1 is 1.26 bits per heavy atom. The number of halogens is 2. The fourth-order valence-corrected chi connectivity index (χ4v) is 2.98. The third-order valence-electron chi connectivity index (χ3n) is 3.55. The Morgan fingerprint density at radius 3 is 2.37 bits per heavy atom. The molecular formula is C13H17Cl2N3O. The summed E-state index contributed by atoms with van der Waals surface area (Å²) in [6.07, 6.45) is 1.87. The first-order valence-corrected chi connectivity index (χ1v) is 7.02. The highest BCUT2D eigenvalue weighted by atomic mass is 35.5. The third kappa shape index (κ3) is 3.03. The van der Waals surface area contributed by atoms with E-state index in [9.17, 15) is 4.79 Å². The Bertz CT molecular complexity index is 497. The van der Waals surface area contributed by atoms with Crippen molar-refractivity contribution in [3.63, 3.8) is 0 Å². The first-order chi connectivity index (χ1) is 9.02. The van der Waals surface area contributed by atoms with E-state index in [-0.39, 0.29) is 5.92 Å². The Kier molecular flexibility index (Phi) is 4.68. The molecule has 1 aromatic rings. The number of hydrogen-bond donors (Lipinski definition) is 3. The lowest BCUT2D eigenvalue weighted by Gasteiger charge is -2.19. The summed E-state index contributed by atoms with van der Waals surface area (Å²) in [7, 11) is 0. The molecule has 1 aliphatic rings. The van der Waals surface area contributed by atoms with Gasteiger partial charge in [-0.25, -0.2) is 0 Å². The summed E-state index contributed by atoms with van der Waals surface area (Å²) in [5.41, 5.74) is 13.6. The molecule has 0 unspecified atom stereocenters. The molecule has 1 aliphatic heterocycles. The van der Waals surface area contributed by atoms with E-state index < -0.39 is 5.91 Å². The predicted molar refractivity (Wildman–Crippen MR) is 77.7 cm³/mol. The summed E-state index contributed by atoms with van der Waals surface area (Å²) in [4.78, 5) is 11.5. The zero-order chi connectivity index (χ0) is 14.0. The first kappa shape index (κ1) is 14.6. The van der Waals surface area contributed by atoms with Gasteiger partial charge in [0.2, 0.25) is 5.91 Å². The summed E-state index contributed by atoms with van der Waals surface area (Å²) in [6, 6.07) is 1.79. The molecular weight excluding hydrogens is 285 g/mol. The van der Waals surface area contributed by atoms with Crippen molar-refractivity contribution in [3.05, 3.63) is 32.8 Å². The largest absolute Gasteiger partial charge is 0.366 e. The van der Waals surface area contributed by atoms with E-state index in [0.29, 0.717) is 21.2 Å². The maximum Gasteiger partial charge on any atom is 0.249 e. The number of amides is 1. The predicted octanol–water partition coefficient (Wildman–Crippen LogP) is 2.37. The fourth-order valence-electron chi connectivity index (χ4n) is 2.41. The van der Waals surface area contributed by atoms with Crippen LogP contribution in [0.5, 0.6) is 0 Å². The molecule has 0 aliphatic carbocycles. The Labute approximate surface area is 122 Å². The molecule has 1 saturated heterocycles. The second kappa shape index (κ2) is 6.09. The van der Waals surface area contributed by atoms with Crippen molar-refractivity contribution in [1.82, 2.24) is 10.9 Å². The number of nitrogens with one attached hydrogen (secondary N) is 2. The van der Waals surface area contributed by atoms with Gasteiger partial charge in [-0.15, -0.1) is 0 Å². The zero-order valence-electron chi connectivity index (χ0n) is 10.7. The molecule has 1 fully saturated rings. The van der Waals surface area contributed by atoms with Gasteiger partial charge < -0.3 is 5.73 Å². The van der Waals surface area contributed by atoms with Crippen LogP contribution >= 0.6 is 23.2 Å². The van der Waals surface area contributed by atoms with Crippen molar-refractivity contribution in [1.29, 1.82) is 0 Å². The van der Waals surface area contributed by atoms with Gasteiger partial charge in [0.15, 0.2) is 0 Å². The molecule has 0 spiro atoms. The summed E-state index contributed by atoms with van der Waals surface area (Å²) < 4.78 is 0. The molecule has 6 heteroatoms. The van der Waals surface area contributed by atoms with Crippen LogP contribution in [0.15, 0.2) is 6.07 Å². The average molecular weight is 302 g/mol. The maximum atomic E-state index is 11.5. The summed E-state index contributed by atoms with van der Waals surface area (Å²) >= 11 is 12.6. The van der Waals surface area contributed by atoms with Crippen molar-refractivity contribution >= 4 is 29.1 Å². The Hall–Kier alpha value is -0.810. The van der Waals surface area contributed by atoms with Crippen LogP contribution < -0.4 is 16.6 Å². The van der Waals surface area contributed by atoms with Crippen molar-refractivity contribution < 1.29 is 4.79 Å². The Morgan fingerprint density at radius 2 is 1.84 bits per heavy atom. The molecule has 104 valence electrons. The second-order valence-corrected chi connectivity index (χ2v) is 5.51. The molecule has 1 amide bonds. The van der Waals surface area contributed by atoms with Crippen LogP contribution in [0.3, 0.4) is 0 Å². The van der Waals surface area contributed by atoms with Gasteiger partial charge in [-0.3, -0.25) is 15.6 Å². The van der Waals surface area contributed by atoms with Crippen LogP contribution in [0.2, 0.25) is 10.0 Å².